The molecule has 1 N–H and O–H groups in total. The zero-order chi connectivity index (χ0) is 29.2. The summed E-state index contributed by atoms with van der Waals surface area (Å²) in [7, 11) is 0. The van der Waals surface area contributed by atoms with Crippen molar-refractivity contribution in [2.45, 2.75) is 194 Å². The van der Waals surface area contributed by atoms with E-state index in [4.69, 9.17) is 9.47 Å². The second-order valence-electron chi connectivity index (χ2n) is 12.7. The molecule has 1 atom stereocenters. The molecule has 0 radical (unpaired) electrons. The van der Waals surface area contributed by atoms with Gasteiger partial charge in [-0.25, -0.2) is 0 Å². The summed E-state index contributed by atoms with van der Waals surface area (Å²) >= 11 is 0. The van der Waals surface area contributed by atoms with Crippen LogP contribution in [0, 0.1) is 5.92 Å². The maximum Gasteiger partial charge on any atom is 0.306 e. The number of ether oxygens (including phenoxy) is 2. The molecule has 0 saturated carbocycles. The topological polar surface area (TPSA) is 72.8 Å². The Morgan fingerprint density at radius 3 is 1.51 bits per heavy atom. The van der Waals surface area contributed by atoms with Crippen LogP contribution in [0.1, 0.15) is 182 Å². The van der Waals surface area contributed by atoms with E-state index in [1.54, 1.807) is 0 Å². The maximum atomic E-state index is 12.1. The molecule has 1 unspecified atom stereocenters. The number of hydrogen-bond acceptors (Lipinski definition) is 5. The van der Waals surface area contributed by atoms with Crippen LogP contribution in [0.15, 0.2) is 0 Å². The predicted octanol–water partition coefficient (Wildman–Crippen LogP) is 9.86. The molecule has 0 aromatic carbocycles. The Balaban J connectivity index is 3.61. The first kappa shape index (κ1) is 37.9. The van der Waals surface area contributed by atoms with E-state index in [0.29, 0.717) is 25.4 Å². The third kappa shape index (κ3) is 28.2. The number of esters is 2. The van der Waals surface area contributed by atoms with Crippen LogP contribution < -0.4 is 0 Å². The molecule has 5 heteroatoms. The van der Waals surface area contributed by atoms with Gasteiger partial charge in [-0.05, 0) is 58.8 Å². The van der Waals surface area contributed by atoms with Gasteiger partial charge in [0.15, 0.2) is 0 Å². The summed E-state index contributed by atoms with van der Waals surface area (Å²) in [6.45, 7) is 10.8. The highest BCUT2D eigenvalue weighted by Crippen LogP contribution is 2.21. The van der Waals surface area contributed by atoms with Crippen LogP contribution in [0.3, 0.4) is 0 Å². The van der Waals surface area contributed by atoms with Crippen molar-refractivity contribution in [2.75, 3.05) is 6.61 Å². The fourth-order valence-electron chi connectivity index (χ4n) is 5.11. The van der Waals surface area contributed by atoms with Crippen LogP contribution in [-0.4, -0.2) is 35.4 Å². The van der Waals surface area contributed by atoms with Crippen molar-refractivity contribution in [3.05, 3.63) is 0 Å². The molecule has 39 heavy (non-hydrogen) atoms. The summed E-state index contributed by atoms with van der Waals surface area (Å²) in [5.74, 6) is 0.575. The Labute approximate surface area is 242 Å². The van der Waals surface area contributed by atoms with Gasteiger partial charge in [-0.2, -0.15) is 0 Å². The number of unbranched alkanes of at least 4 members (excludes halogenated alkanes) is 12. The smallest absolute Gasteiger partial charge is 0.306 e. The van der Waals surface area contributed by atoms with Crippen LogP contribution >= 0.6 is 0 Å². The average molecular weight is 555 g/mol. The zero-order valence-electron chi connectivity index (χ0n) is 26.7. The zero-order valence-corrected chi connectivity index (χ0v) is 26.7. The largest absolute Gasteiger partial charge is 0.466 e. The molecule has 0 aliphatic carbocycles. The van der Waals surface area contributed by atoms with E-state index < -0.39 is 5.60 Å². The van der Waals surface area contributed by atoms with Crippen molar-refractivity contribution < 1.29 is 24.2 Å². The number of aliphatic hydroxyl groups excluding tert-OH is 1. The molecule has 0 heterocycles. The quantitative estimate of drug-likeness (QED) is 0.0808. The van der Waals surface area contributed by atoms with Crippen LogP contribution in [-0.2, 0) is 19.1 Å². The highest BCUT2D eigenvalue weighted by molar-refractivity contribution is 5.69. The van der Waals surface area contributed by atoms with Gasteiger partial charge in [0, 0.05) is 12.8 Å². The Morgan fingerprint density at radius 1 is 0.590 bits per heavy atom. The van der Waals surface area contributed by atoms with E-state index in [0.717, 1.165) is 83.5 Å². The van der Waals surface area contributed by atoms with Crippen LogP contribution in [0.2, 0.25) is 0 Å². The molecule has 0 aliphatic rings. The lowest BCUT2D eigenvalue weighted by molar-refractivity contribution is -0.155. The third-order valence-electron chi connectivity index (χ3n) is 7.48. The highest BCUT2D eigenvalue weighted by Gasteiger charge is 2.15. The minimum absolute atomic E-state index is 0.0314. The number of aliphatic hydroxyl groups is 1. The van der Waals surface area contributed by atoms with E-state index >= 15 is 0 Å². The molecule has 0 aliphatic heterocycles. The molecule has 0 fully saturated rings. The van der Waals surface area contributed by atoms with E-state index in [9.17, 15) is 14.7 Å². The summed E-state index contributed by atoms with van der Waals surface area (Å²) in [6.07, 6.45) is 24.4. The molecule has 0 aromatic rings. The lowest BCUT2D eigenvalue weighted by Gasteiger charge is -2.19. The van der Waals surface area contributed by atoms with Gasteiger partial charge in [-0.1, -0.05) is 117 Å². The minimum atomic E-state index is -0.397. The second-order valence-corrected chi connectivity index (χ2v) is 12.7. The van der Waals surface area contributed by atoms with Gasteiger partial charge in [0.25, 0.3) is 0 Å². The lowest BCUT2D eigenvalue weighted by Crippen LogP contribution is -2.23. The minimum Gasteiger partial charge on any atom is -0.466 e. The number of carbonyl (C=O) groups excluding carboxylic acids is 2. The molecule has 0 rings (SSSR count). The summed E-state index contributed by atoms with van der Waals surface area (Å²) < 4.78 is 10.9. The van der Waals surface area contributed by atoms with Crippen molar-refractivity contribution in [3.63, 3.8) is 0 Å². The van der Waals surface area contributed by atoms with E-state index in [-0.39, 0.29) is 18.0 Å². The first-order valence-electron chi connectivity index (χ1n) is 16.7. The lowest BCUT2D eigenvalue weighted by atomic mass is 9.92. The second kappa shape index (κ2) is 25.8. The van der Waals surface area contributed by atoms with Gasteiger partial charge in [0.05, 0.1) is 12.7 Å². The molecule has 0 bridgehead atoms. The predicted molar refractivity (Wildman–Crippen MR) is 164 cm³/mol. The van der Waals surface area contributed by atoms with E-state index in [1.807, 2.05) is 20.8 Å². The standard InChI is InChI=1S/C34H66O5/c1-6-8-16-22-30(23-17-9-7-2)28-29-38-32(36)26-20-14-10-12-18-24-31(35)25-19-13-11-15-21-27-33(37)39-34(3,4)5/h30-31,35H,6-29H2,1-5H3. The van der Waals surface area contributed by atoms with Gasteiger partial charge < -0.3 is 14.6 Å². The van der Waals surface area contributed by atoms with E-state index in [2.05, 4.69) is 13.8 Å². The Bertz CT molecular complexity index is 558. The summed E-state index contributed by atoms with van der Waals surface area (Å²) in [6, 6.07) is 0. The molecular weight excluding hydrogens is 488 g/mol. The SMILES string of the molecule is CCCCCC(CCCCC)CCOC(=O)CCCCCCCC(O)CCCCCCCC(=O)OC(C)(C)C. The first-order chi connectivity index (χ1) is 18.7. The van der Waals surface area contributed by atoms with E-state index in [1.165, 1.54) is 51.4 Å². The summed E-state index contributed by atoms with van der Waals surface area (Å²) in [4.78, 5) is 23.8. The Hall–Kier alpha value is -1.10. The monoisotopic (exact) mass is 554 g/mol. The summed E-state index contributed by atoms with van der Waals surface area (Å²) in [5, 5.41) is 10.2. The molecule has 0 amide bonds. The third-order valence-corrected chi connectivity index (χ3v) is 7.48. The number of hydrogen-bond donors (Lipinski definition) is 1. The van der Waals surface area contributed by atoms with Crippen molar-refractivity contribution in [1.29, 1.82) is 0 Å². The van der Waals surface area contributed by atoms with Crippen molar-refractivity contribution in [3.8, 4) is 0 Å². The fraction of sp³-hybridized carbons (Fsp3) is 0.941. The van der Waals surface area contributed by atoms with Gasteiger partial charge >= 0.3 is 11.9 Å². The van der Waals surface area contributed by atoms with Gasteiger partial charge in [-0.3, -0.25) is 9.59 Å². The summed E-state index contributed by atoms with van der Waals surface area (Å²) in [5.41, 5.74) is -0.397. The molecule has 232 valence electrons. The molecule has 0 saturated heterocycles. The van der Waals surface area contributed by atoms with Gasteiger partial charge in [0.2, 0.25) is 0 Å². The van der Waals surface area contributed by atoms with Crippen LogP contribution in [0.4, 0.5) is 0 Å². The number of carbonyl (C=O) groups is 2. The molecule has 0 spiro atoms. The van der Waals surface area contributed by atoms with Gasteiger partial charge in [0.1, 0.15) is 5.60 Å². The van der Waals surface area contributed by atoms with Crippen LogP contribution in [0.5, 0.6) is 0 Å². The molecule has 5 nitrogen and oxygen atoms in total. The number of rotatable bonds is 27. The Morgan fingerprint density at radius 2 is 1.03 bits per heavy atom. The van der Waals surface area contributed by atoms with Crippen molar-refractivity contribution in [2.24, 2.45) is 5.92 Å². The van der Waals surface area contributed by atoms with Crippen LogP contribution in [0.25, 0.3) is 0 Å². The highest BCUT2D eigenvalue weighted by atomic mass is 16.6. The Kier molecular flexibility index (Phi) is 25.1. The first-order valence-corrected chi connectivity index (χ1v) is 16.7. The maximum absolute atomic E-state index is 12.1. The average Bonchev–Trinajstić information content (AvgIpc) is 2.86. The van der Waals surface area contributed by atoms with Gasteiger partial charge in [-0.15, -0.1) is 0 Å². The molecular formula is C34H66O5. The fourth-order valence-corrected chi connectivity index (χ4v) is 5.11. The van der Waals surface area contributed by atoms with Crippen molar-refractivity contribution in [1.82, 2.24) is 0 Å². The van der Waals surface area contributed by atoms with Crippen molar-refractivity contribution >= 4 is 11.9 Å². The normalized spacial score (nSPS) is 12.6. The molecule has 0 aromatic heterocycles.